The zero-order valence-corrected chi connectivity index (χ0v) is 9.07. The minimum absolute atomic E-state index is 0.455. The highest BCUT2D eigenvalue weighted by molar-refractivity contribution is 7.99. The minimum Gasteiger partial charge on any atom is -0.327 e. The Morgan fingerprint density at radius 3 is 2.67 bits per heavy atom. The van der Waals surface area contributed by atoms with Gasteiger partial charge in [-0.05, 0) is 18.8 Å². The lowest BCUT2D eigenvalue weighted by atomic mass is 10.2. The van der Waals surface area contributed by atoms with Crippen molar-refractivity contribution < 1.29 is 0 Å². The van der Waals surface area contributed by atoms with Crippen LogP contribution in [0, 0.1) is 5.92 Å². The second-order valence-electron chi connectivity index (χ2n) is 3.99. The summed E-state index contributed by atoms with van der Waals surface area (Å²) in [6.07, 6.45) is 5.40. The van der Waals surface area contributed by atoms with E-state index < -0.39 is 0 Å². The maximum Gasteiger partial charge on any atom is 0.0133 e. The largest absolute Gasteiger partial charge is 0.327 e. The summed E-state index contributed by atoms with van der Waals surface area (Å²) in [7, 11) is 0. The standard InChI is InChI=1S/C10H21NS/c1-3-8(2)12-7-10(11)6-9-4-5-9/h8-10H,3-7,11H2,1-2H3. The van der Waals surface area contributed by atoms with Crippen LogP contribution in [0.5, 0.6) is 0 Å². The van der Waals surface area contributed by atoms with Crippen molar-refractivity contribution in [2.45, 2.75) is 50.8 Å². The Morgan fingerprint density at radius 2 is 2.17 bits per heavy atom. The Balaban J connectivity index is 1.96. The first kappa shape index (κ1) is 10.4. The lowest BCUT2D eigenvalue weighted by Crippen LogP contribution is -2.24. The maximum absolute atomic E-state index is 6.00. The van der Waals surface area contributed by atoms with Gasteiger partial charge in [0, 0.05) is 17.0 Å². The zero-order chi connectivity index (χ0) is 8.97. The topological polar surface area (TPSA) is 26.0 Å². The van der Waals surface area contributed by atoms with Gasteiger partial charge in [0.1, 0.15) is 0 Å². The monoisotopic (exact) mass is 187 g/mol. The summed E-state index contributed by atoms with van der Waals surface area (Å²) in [5.74, 6) is 2.14. The maximum atomic E-state index is 6.00. The Labute approximate surface area is 80.5 Å². The van der Waals surface area contributed by atoms with Crippen molar-refractivity contribution in [3.63, 3.8) is 0 Å². The second-order valence-corrected chi connectivity index (χ2v) is 5.46. The van der Waals surface area contributed by atoms with Crippen molar-refractivity contribution in [2.24, 2.45) is 11.7 Å². The van der Waals surface area contributed by atoms with Crippen molar-refractivity contribution >= 4 is 11.8 Å². The number of thioether (sulfide) groups is 1. The molecule has 2 heteroatoms. The van der Waals surface area contributed by atoms with Gasteiger partial charge in [-0.25, -0.2) is 0 Å². The summed E-state index contributed by atoms with van der Waals surface area (Å²) in [4.78, 5) is 0. The van der Waals surface area contributed by atoms with Crippen LogP contribution in [0.4, 0.5) is 0 Å². The van der Waals surface area contributed by atoms with E-state index in [-0.39, 0.29) is 0 Å². The summed E-state index contributed by atoms with van der Waals surface area (Å²) in [6.45, 7) is 4.53. The quantitative estimate of drug-likeness (QED) is 0.692. The highest BCUT2D eigenvalue weighted by Crippen LogP contribution is 2.33. The predicted molar refractivity (Wildman–Crippen MR) is 57.5 cm³/mol. The van der Waals surface area contributed by atoms with E-state index in [0.717, 1.165) is 16.9 Å². The first-order valence-electron chi connectivity index (χ1n) is 5.09. The van der Waals surface area contributed by atoms with E-state index in [1.807, 2.05) is 11.8 Å². The summed E-state index contributed by atoms with van der Waals surface area (Å²) in [6, 6.07) is 0.455. The van der Waals surface area contributed by atoms with E-state index in [1.165, 1.54) is 25.7 Å². The van der Waals surface area contributed by atoms with Gasteiger partial charge in [-0.3, -0.25) is 0 Å². The Kier molecular flexibility index (Phi) is 4.44. The first-order valence-corrected chi connectivity index (χ1v) is 6.14. The second kappa shape index (κ2) is 5.13. The molecule has 0 bridgehead atoms. The Morgan fingerprint density at radius 1 is 1.50 bits per heavy atom. The molecular formula is C10H21NS. The highest BCUT2D eigenvalue weighted by atomic mass is 32.2. The summed E-state index contributed by atoms with van der Waals surface area (Å²) < 4.78 is 0. The number of nitrogens with two attached hydrogens (primary N) is 1. The van der Waals surface area contributed by atoms with Gasteiger partial charge in [0.15, 0.2) is 0 Å². The van der Waals surface area contributed by atoms with Gasteiger partial charge in [0.25, 0.3) is 0 Å². The first-order chi connectivity index (χ1) is 5.72. The molecule has 2 atom stereocenters. The van der Waals surface area contributed by atoms with Crippen LogP contribution >= 0.6 is 11.8 Å². The molecule has 1 fully saturated rings. The van der Waals surface area contributed by atoms with E-state index in [4.69, 9.17) is 5.73 Å². The van der Waals surface area contributed by atoms with Crippen molar-refractivity contribution in [1.82, 2.24) is 0 Å². The molecule has 1 saturated carbocycles. The van der Waals surface area contributed by atoms with Gasteiger partial charge in [0.2, 0.25) is 0 Å². The van der Waals surface area contributed by atoms with Crippen LogP contribution in [-0.2, 0) is 0 Å². The van der Waals surface area contributed by atoms with Crippen LogP contribution in [0.2, 0.25) is 0 Å². The molecule has 2 N–H and O–H groups in total. The van der Waals surface area contributed by atoms with E-state index >= 15 is 0 Å². The summed E-state index contributed by atoms with van der Waals surface area (Å²) in [5.41, 5.74) is 6.00. The van der Waals surface area contributed by atoms with E-state index in [9.17, 15) is 0 Å². The fourth-order valence-corrected chi connectivity index (χ4v) is 2.20. The molecule has 12 heavy (non-hydrogen) atoms. The lowest BCUT2D eigenvalue weighted by Gasteiger charge is -2.13. The molecule has 0 spiro atoms. The van der Waals surface area contributed by atoms with Gasteiger partial charge < -0.3 is 5.73 Å². The summed E-state index contributed by atoms with van der Waals surface area (Å²) in [5, 5.41) is 0.787. The van der Waals surface area contributed by atoms with Crippen molar-refractivity contribution in [3.8, 4) is 0 Å². The fraction of sp³-hybridized carbons (Fsp3) is 1.00. The molecule has 1 nitrogen and oxygen atoms in total. The number of hydrogen-bond acceptors (Lipinski definition) is 2. The molecule has 0 saturated heterocycles. The van der Waals surface area contributed by atoms with E-state index in [2.05, 4.69) is 13.8 Å². The third kappa shape index (κ3) is 4.36. The van der Waals surface area contributed by atoms with E-state index in [1.54, 1.807) is 0 Å². The van der Waals surface area contributed by atoms with Crippen LogP contribution in [0.25, 0.3) is 0 Å². The molecule has 1 aliphatic rings. The average Bonchev–Trinajstić information content (AvgIpc) is 2.84. The molecule has 0 amide bonds. The molecule has 0 aromatic heterocycles. The van der Waals surface area contributed by atoms with Crippen molar-refractivity contribution in [2.75, 3.05) is 5.75 Å². The molecular weight excluding hydrogens is 166 g/mol. The normalized spacial score (nSPS) is 22.2. The lowest BCUT2D eigenvalue weighted by molar-refractivity contribution is 0.616. The van der Waals surface area contributed by atoms with Gasteiger partial charge in [-0.2, -0.15) is 11.8 Å². The van der Waals surface area contributed by atoms with Gasteiger partial charge >= 0.3 is 0 Å². The van der Waals surface area contributed by atoms with Crippen molar-refractivity contribution in [3.05, 3.63) is 0 Å². The molecule has 0 aromatic rings. The van der Waals surface area contributed by atoms with Crippen LogP contribution < -0.4 is 5.73 Å². The molecule has 0 aliphatic heterocycles. The Bertz CT molecular complexity index is 123. The molecule has 0 radical (unpaired) electrons. The SMILES string of the molecule is CCC(C)SCC(N)CC1CC1. The zero-order valence-electron chi connectivity index (χ0n) is 8.25. The third-order valence-corrected chi connectivity index (χ3v) is 4.03. The smallest absolute Gasteiger partial charge is 0.0133 e. The van der Waals surface area contributed by atoms with Gasteiger partial charge in [-0.15, -0.1) is 0 Å². The predicted octanol–water partition coefficient (Wildman–Crippen LogP) is 2.65. The van der Waals surface area contributed by atoms with Crippen LogP contribution in [0.1, 0.15) is 39.5 Å². The van der Waals surface area contributed by atoms with Crippen LogP contribution in [-0.4, -0.2) is 17.0 Å². The number of rotatable bonds is 6. The molecule has 72 valence electrons. The Hall–Kier alpha value is 0.310. The van der Waals surface area contributed by atoms with Gasteiger partial charge in [0.05, 0.1) is 0 Å². The minimum atomic E-state index is 0.455. The molecule has 2 unspecified atom stereocenters. The molecule has 1 rings (SSSR count). The average molecular weight is 187 g/mol. The van der Waals surface area contributed by atoms with Crippen molar-refractivity contribution in [1.29, 1.82) is 0 Å². The highest BCUT2D eigenvalue weighted by Gasteiger charge is 2.23. The summed E-state index contributed by atoms with van der Waals surface area (Å²) >= 11 is 2.03. The van der Waals surface area contributed by atoms with Crippen LogP contribution in [0.3, 0.4) is 0 Å². The van der Waals surface area contributed by atoms with Gasteiger partial charge in [-0.1, -0.05) is 26.7 Å². The number of hydrogen-bond donors (Lipinski definition) is 1. The van der Waals surface area contributed by atoms with Crippen LogP contribution in [0.15, 0.2) is 0 Å². The fourth-order valence-electron chi connectivity index (χ4n) is 1.26. The third-order valence-electron chi connectivity index (χ3n) is 2.50. The molecule has 1 aliphatic carbocycles. The molecule has 0 aromatic carbocycles. The molecule has 0 heterocycles. The van der Waals surface area contributed by atoms with E-state index in [0.29, 0.717) is 6.04 Å².